The van der Waals surface area contributed by atoms with E-state index in [2.05, 4.69) is 4.98 Å². The number of ether oxygens (including phenoxy) is 1. The van der Waals surface area contributed by atoms with Crippen LogP contribution in [0.5, 0.6) is 0 Å². The molecule has 0 spiro atoms. The molecule has 2 rings (SSSR count). The van der Waals surface area contributed by atoms with E-state index in [-0.39, 0.29) is 5.91 Å². The number of nitrogens with one attached hydrogen (secondary N) is 1. The second-order valence-corrected chi connectivity index (χ2v) is 5.13. The molecule has 0 atom stereocenters. The molecule has 1 amide bonds. The number of aromatic amines is 1. The summed E-state index contributed by atoms with van der Waals surface area (Å²) >= 11 is 6.16. The average molecular weight is 318 g/mol. The number of carbonyl (C=O) groups excluding carboxylic acids is 1. The van der Waals surface area contributed by atoms with Crippen LogP contribution >= 0.6 is 11.6 Å². The van der Waals surface area contributed by atoms with Gasteiger partial charge < -0.3 is 14.6 Å². The van der Waals surface area contributed by atoms with Gasteiger partial charge in [-0.25, -0.2) is 0 Å². The highest BCUT2D eigenvalue weighted by Gasteiger charge is 2.18. The predicted octanol–water partition coefficient (Wildman–Crippen LogP) is 2.83. The number of benzene rings is 1. The van der Waals surface area contributed by atoms with Gasteiger partial charge in [-0.3, -0.25) is 4.79 Å². The number of aromatic nitrogens is 1. The highest BCUT2D eigenvalue weighted by Crippen LogP contribution is 2.18. The standard InChI is InChI=1S/C16H16ClN3O2/c1-22-7-6-20(11-13-4-2-3-5-14(13)17)16(21)15-8-12(9-18)10-19-15/h2-5,8,10,19H,6-7,11H2,1H3. The van der Waals surface area contributed by atoms with E-state index in [0.29, 0.717) is 36.0 Å². The zero-order valence-corrected chi connectivity index (χ0v) is 12.9. The smallest absolute Gasteiger partial charge is 0.270 e. The Hall–Kier alpha value is -2.29. The van der Waals surface area contributed by atoms with Crippen LogP contribution in [0, 0.1) is 11.3 Å². The minimum atomic E-state index is -0.196. The Morgan fingerprint density at radius 3 is 2.86 bits per heavy atom. The molecule has 1 heterocycles. The largest absolute Gasteiger partial charge is 0.383 e. The Kier molecular flexibility index (Phi) is 5.59. The summed E-state index contributed by atoms with van der Waals surface area (Å²) in [6.07, 6.45) is 1.51. The van der Waals surface area contributed by atoms with Gasteiger partial charge in [0.15, 0.2) is 0 Å². The fourth-order valence-electron chi connectivity index (χ4n) is 2.04. The highest BCUT2D eigenvalue weighted by molar-refractivity contribution is 6.31. The Balaban J connectivity index is 2.20. The van der Waals surface area contributed by atoms with Crippen molar-refractivity contribution in [3.8, 4) is 6.07 Å². The number of nitrogens with zero attached hydrogens (tertiary/aromatic N) is 2. The molecule has 0 unspecified atom stereocenters. The van der Waals surface area contributed by atoms with E-state index in [4.69, 9.17) is 21.6 Å². The Bertz CT molecular complexity index is 691. The molecule has 1 aromatic carbocycles. The van der Waals surface area contributed by atoms with Gasteiger partial charge in [0.2, 0.25) is 0 Å². The van der Waals surface area contributed by atoms with Crippen molar-refractivity contribution in [2.75, 3.05) is 20.3 Å². The van der Waals surface area contributed by atoms with Crippen molar-refractivity contribution < 1.29 is 9.53 Å². The summed E-state index contributed by atoms with van der Waals surface area (Å²) in [5.41, 5.74) is 1.66. The van der Waals surface area contributed by atoms with Gasteiger partial charge in [-0.15, -0.1) is 0 Å². The molecule has 0 radical (unpaired) electrons. The van der Waals surface area contributed by atoms with Crippen molar-refractivity contribution in [1.29, 1.82) is 5.26 Å². The lowest BCUT2D eigenvalue weighted by atomic mass is 10.2. The molecule has 0 aliphatic carbocycles. The van der Waals surface area contributed by atoms with Gasteiger partial charge in [0.1, 0.15) is 11.8 Å². The number of hydrogen-bond donors (Lipinski definition) is 1. The third kappa shape index (κ3) is 3.88. The number of hydrogen-bond acceptors (Lipinski definition) is 3. The van der Waals surface area contributed by atoms with E-state index < -0.39 is 0 Å². The van der Waals surface area contributed by atoms with Crippen molar-refractivity contribution >= 4 is 17.5 Å². The quantitative estimate of drug-likeness (QED) is 0.890. The van der Waals surface area contributed by atoms with Crippen LogP contribution < -0.4 is 0 Å². The minimum absolute atomic E-state index is 0.196. The molecule has 0 saturated carbocycles. The summed E-state index contributed by atoms with van der Waals surface area (Å²) in [5, 5.41) is 9.46. The molecule has 0 aliphatic heterocycles. The Morgan fingerprint density at radius 1 is 1.45 bits per heavy atom. The lowest BCUT2D eigenvalue weighted by molar-refractivity contribution is 0.0675. The lowest BCUT2D eigenvalue weighted by Crippen LogP contribution is -2.33. The predicted molar refractivity (Wildman–Crippen MR) is 83.6 cm³/mol. The van der Waals surface area contributed by atoms with Gasteiger partial charge >= 0.3 is 0 Å². The van der Waals surface area contributed by atoms with E-state index >= 15 is 0 Å². The number of halogens is 1. The third-order valence-corrected chi connectivity index (χ3v) is 3.58. The Morgan fingerprint density at radius 2 is 2.23 bits per heavy atom. The number of nitriles is 1. The molecule has 0 aliphatic rings. The molecule has 0 fully saturated rings. The maximum absolute atomic E-state index is 12.6. The lowest BCUT2D eigenvalue weighted by Gasteiger charge is -2.22. The number of amides is 1. The van der Waals surface area contributed by atoms with Crippen LogP contribution in [-0.2, 0) is 11.3 Å². The third-order valence-electron chi connectivity index (χ3n) is 3.21. The van der Waals surface area contributed by atoms with Gasteiger partial charge in [-0.2, -0.15) is 5.26 Å². The van der Waals surface area contributed by atoms with E-state index in [1.807, 2.05) is 24.3 Å². The number of H-pyrrole nitrogens is 1. The van der Waals surface area contributed by atoms with Crippen LogP contribution in [0.1, 0.15) is 21.6 Å². The fourth-order valence-corrected chi connectivity index (χ4v) is 2.23. The van der Waals surface area contributed by atoms with Crippen LogP contribution in [0.15, 0.2) is 36.5 Å². The van der Waals surface area contributed by atoms with Gasteiger partial charge in [0.25, 0.3) is 5.91 Å². The van der Waals surface area contributed by atoms with Crippen LogP contribution in [0.3, 0.4) is 0 Å². The van der Waals surface area contributed by atoms with Crippen molar-refractivity contribution in [2.24, 2.45) is 0 Å². The maximum atomic E-state index is 12.6. The SMILES string of the molecule is COCCN(Cc1ccccc1Cl)C(=O)c1cc(C#N)c[nH]1. The monoisotopic (exact) mass is 317 g/mol. The first-order chi connectivity index (χ1) is 10.7. The molecule has 114 valence electrons. The Labute approximate surface area is 134 Å². The number of carbonyl (C=O) groups is 1. The molecule has 0 saturated heterocycles. The molecule has 2 aromatic rings. The normalized spacial score (nSPS) is 10.2. The number of methoxy groups -OCH3 is 1. The molecule has 1 aromatic heterocycles. The molecule has 6 heteroatoms. The number of rotatable bonds is 6. The molecular formula is C16H16ClN3O2. The van der Waals surface area contributed by atoms with Crippen LogP contribution in [0.2, 0.25) is 5.02 Å². The maximum Gasteiger partial charge on any atom is 0.270 e. The molecular weight excluding hydrogens is 302 g/mol. The van der Waals surface area contributed by atoms with Gasteiger partial charge in [0, 0.05) is 31.4 Å². The topological polar surface area (TPSA) is 69.1 Å². The first-order valence-electron chi connectivity index (χ1n) is 6.76. The molecule has 1 N–H and O–H groups in total. The fraction of sp³-hybridized carbons (Fsp3) is 0.250. The summed E-state index contributed by atoms with van der Waals surface area (Å²) in [5.74, 6) is -0.196. The van der Waals surface area contributed by atoms with Crippen LogP contribution in [0.4, 0.5) is 0 Å². The van der Waals surface area contributed by atoms with Gasteiger partial charge in [-0.1, -0.05) is 29.8 Å². The molecule has 0 bridgehead atoms. The van der Waals surface area contributed by atoms with Gasteiger partial charge in [-0.05, 0) is 17.7 Å². The van der Waals surface area contributed by atoms with E-state index in [1.54, 1.807) is 18.1 Å². The zero-order valence-electron chi connectivity index (χ0n) is 12.2. The van der Waals surface area contributed by atoms with Crippen LogP contribution in [-0.4, -0.2) is 36.1 Å². The minimum Gasteiger partial charge on any atom is -0.383 e. The summed E-state index contributed by atoms with van der Waals surface area (Å²) in [6, 6.07) is 10.9. The summed E-state index contributed by atoms with van der Waals surface area (Å²) in [4.78, 5) is 17.0. The average Bonchev–Trinajstić information content (AvgIpc) is 3.01. The van der Waals surface area contributed by atoms with Crippen molar-refractivity contribution in [3.63, 3.8) is 0 Å². The summed E-state index contributed by atoms with van der Waals surface area (Å²) in [7, 11) is 1.58. The first-order valence-corrected chi connectivity index (χ1v) is 7.13. The van der Waals surface area contributed by atoms with E-state index in [9.17, 15) is 4.79 Å². The van der Waals surface area contributed by atoms with Crippen LogP contribution in [0.25, 0.3) is 0 Å². The van der Waals surface area contributed by atoms with Crippen molar-refractivity contribution in [2.45, 2.75) is 6.54 Å². The van der Waals surface area contributed by atoms with E-state index in [1.165, 1.54) is 12.3 Å². The van der Waals surface area contributed by atoms with Gasteiger partial charge in [0.05, 0.1) is 12.2 Å². The van der Waals surface area contributed by atoms with Crippen molar-refractivity contribution in [1.82, 2.24) is 9.88 Å². The second-order valence-electron chi connectivity index (χ2n) is 4.72. The molecule has 5 nitrogen and oxygen atoms in total. The van der Waals surface area contributed by atoms with E-state index in [0.717, 1.165) is 5.56 Å². The highest BCUT2D eigenvalue weighted by atomic mass is 35.5. The first kappa shape index (κ1) is 16.1. The summed E-state index contributed by atoms with van der Waals surface area (Å²) < 4.78 is 5.06. The molecule has 22 heavy (non-hydrogen) atoms. The summed E-state index contributed by atoms with van der Waals surface area (Å²) in [6.45, 7) is 1.23. The van der Waals surface area contributed by atoms with Crippen molar-refractivity contribution in [3.05, 3.63) is 58.4 Å². The second kappa shape index (κ2) is 7.64. The zero-order chi connectivity index (χ0) is 15.9.